The third-order valence-corrected chi connectivity index (χ3v) is 3.83. The molecule has 0 saturated carbocycles. The van der Waals surface area contributed by atoms with E-state index in [1.807, 2.05) is 26.8 Å². The second-order valence-corrected chi connectivity index (χ2v) is 6.24. The molecule has 2 heterocycles. The van der Waals surface area contributed by atoms with Gasteiger partial charge in [-0.3, -0.25) is 4.79 Å². The Morgan fingerprint density at radius 1 is 1.33 bits per heavy atom. The van der Waals surface area contributed by atoms with Gasteiger partial charge in [-0.05, 0) is 50.9 Å². The number of likely N-dealkylation sites (tertiary alicyclic amines) is 1. The molecule has 0 aliphatic carbocycles. The maximum Gasteiger partial charge on any atom is 0.251 e. The Morgan fingerprint density at radius 3 is 2.62 bits per heavy atom. The van der Waals surface area contributed by atoms with E-state index in [-0.39, 0.29) is 17.9 Å². The van der Waals surface area contributed by atoms with Gasteiger partial charge < -0.3 is 16.0 Å². The monoisotopic (exact) mass is 290 g/mol. The lowest BCUT2D eigenvalue weighted by molar-refractivity contribution is 0.0931. The van der Waals surface area contributed by atoms with Gasteiger partial charge >= 0.3 is 0 Å². The van der Waals surface area contributed by atoms with Crippen molar-refractivity contribution >= 4 is 11.7 Å². The quantitative estimate of drug-likeness (QED) is 0.870. The third-order valence-electron chi connectivity index (χ3n) is 3.83. The summed E-state index contributed by atoms with van der Waals surface area (Å²) in [6.45, 7) is 9.31. The summed E-state index contributed by atoms with van der Waals surface area (Å²) in [5.41, 5.74) is 7.25. The highest BCUT2D eigenvalue weighted by molar-refractivity contribution is 5.95. The van der Waals surface area contributed by atoms with Gasteiger partial charge in [0.2, 0.25) is 0 Å². The Labute approximate surface area is 126 Å². The minimum atomic E-state index is -0.0716. The predicted molar refractivity (Wildman–Crippen MR) is 85.3 cm³/mol. The molecule has 21 heavy (non-hydrogen) atoms. The highest BCUT2D eigenvalue weighted by atomic mass is 16.1. The maximum absolute atomic E-state index is 12.3. The van der Waals surface area contributed by atoms with Crippen molar-refractivity contribution in [1.82, 2.24) is 15.2 Å². The van der Waals surface area contributed by atoms with Crippen LogP contribution >= 0.6 is 0 Å². The highest BCUT2D eigenvalue weighted by Gasteiger charge is 2.17. The van der Waals surface area contributed by atoms with Crippen LogP contribution in [0.4, 0.5) is 5.82 Å². The molecule has 5 nitrogen and oxygen atoms in total. The highest BCUT2D eigenvalue weighted by Crippen LogP contribution is 2.16. The minimum Gasteiger partial charge on any atom is -0.384 e. The first-order valence-electron chi connectivity index (χ1n) is 7.76. The van der Waals surface area contributed by atoms with E-state index in [0.717, 1.165) is 25.3 Å². The number of carbonyl (C=O) groups excluding carboxylic acids is 1. The molecule has 0 bridgehead atoms. The van der Waals surface area contributed by atoms with Crippen molar-refractivity contribution in [2.75, 3.05) is 25.4 Å². The number of hydrogen-bond donors (Lipinski definition) is 2. The second kappa shape index (κ2) is 6.89. The van der Waals surface area contributed by atoms with Crippen molar-refractivity contribution in [3.63, 3.8) is 0 Å². The van der Waals surface area contributed by atoms with E-state index in [1.54, 1.807) is 6.07 Å². The molecule has 0 spiro atoms. The van der Waals surface area contributed by atoms with Crippen molar-refractivity contribution in [1.29, 1.82) is 0 Å². The van der Waals surface area contributed by atoms with Crippen molar-refractivity contribution < 1.29 is 4.79 Å². The molecule has 116 valence electrons. The summed E-state index contributed by atoms with van der Waals surface area (Å²) in [7, 11) is 0. The summed E-state index contributed by atoms with van der Waals surface area (Å²) >= 11 is 0. The smallest absolute Gasteiger partial charge is 0.251 e. The number of nitrogen functional groups attached to an aromatic ring is 1. The zero-order valence-corrected chi connectivity index (χ0v) is 13.2. The minimum absolute atomic E-state index is 0.0716. The first kappa shape index (κ1) is 15.8. The van der Waals surface area contributed by atoms with Gasteiger partial charge in [0.1, 0.15) is 5.82 Å². The zero-order chi connectivity index (χ0) is 15.4. The van der Waals surface area contributed by atoms with Crippen molar-refractivity contribution in [3.8, 4) is 0 Å². The molecule has 3 N–H and O–H groups in total. The molecule has 0 radical (unpaired) electrons. The summed E-state index contributed by atoms with van der Waals surface area (Å²) in [5.74, 6) is 0.582. The zero-order valence-electron chi connectivity index (χ0n) is 13.2. The molecule has 1 aliphatic rings. The SMILES string of the molecule is CC(CN1CCCC1)NC(=O)c1cc(N)nc(C(C)C)c1. The summed E-state index contributed by atoms with van der Waals surface area (Å²) in [5, 5.41) is 3.05. The molecule has 1 aromatic rings. The number of rotatable bonds is 5. The van der Waals surface area contributed by atoms with Crippen LogP contribution in [0.1, 0.15) is 55.6 Å². The summed E-state index contributed by atoms with van der Waals surface area (Å²) in [6.07, 6.45) is 2.53. The lowest BCUT2D eigenvalue weighted by Crippen LogP contribution is -2.41. The van der Waals surface area contributed by atoms with Crippen LogP contribution in [-0.4, -0.2) is 41.5 Å². The van der Waals surface area contributed by atoms with Crippen LogP contribution in [-0.2, 0) is 0 Å². The number of nitrogens with zero attached hydrogens (tertiary/aromatic N) is 2. The lowest BCUT2D eigenvalue weighted by Gasteiger charge is -2.21. The molecular weight excluding hydrogens is 264 g/mol. The number of nitrogens with one attached hydrogen (secondary N) is 1. The fourth-order valence-electron chi connectivity index (χ4n) is 2.71. The van der Waals surface area contributed by atoms with E-state index < -0.39 is 0 Å². The fraction of sp³-hybridized carbons (Fsp3) is 0.625. The topological polar surface area (TPSA) is 71.2 Å². The Balaban J connectivity index is 1.98. The Bertz CT molecular complexity index is 495. The van der Waals surface area contributed by atoms with Gasteiger partial charge in [-0.25, -0.2) is 4.98 Å². The Morgan fingerprint density at radius 2 is 2.00 bits per heavy atom. The standard InChI is InChI=1S/C16H26N4O/c1-11(2)14-8-13(9-15(17)19-14)16(21)18-12(3)10-20-6-4-5-7-20/h8-9,11-12H,4-7,10H2,1-3H3,(H2,17,19)(H,18,21). The average Bonchev–Trinajstić information content (AvgIpc) is 2.90. The van der Waals surface area contributed by atoms with Gasteiger partial charge in [0.05, 0.1) is 0 Å². The van der Waals surface area contributed by atoms with Crippen LogP contribution in [0.2, 0.25) is 0 Å². The first-order valence-corrected chi connectivity index (χ1v) is 7.76. The molecule has 1 aliphatic heterocycles. The normalized spacial score (nSPS) is 17.1. The number of carbonyl (C=O) groups is 1. The van der Waals surface area contributed by atoms with Gasteiger partial charge in [0.15, 0.2) is 0 Å². The molecule has 1 atom stereocenters. The average molecular weight is 290 g/mol. The van der Waals surface area contributed by atoms with E-state index in [2.05, 4.69) is 15.2 Å². The third kappa shape index (κ3) is 4.43. The molecule has 1 fully saturated rings. The van der Waals surface area contributed by atoms with Gasteiger partial charge in [0.25, 0.3) is 5.91 Å². The number of nitrogens with two attached hydrogens (primary N) is 1. The van der Waals surface area contributed by atoms with Gasteiger partial charge in [-0.1, -0.05) is 13.8 Å². The Hall–Kier alpha value is -1.62. The molecule has 2 rings (SSSR count). The van der Waals surface area contributed by atoms with Crippen LogP contribution in [0, 0.1) is 0 Å². The first-order chi connectivity index (χ1) is 9.95. The van der Waals surface area contributed by atoms with Crippen molar-refractivity contribution in [2.24, 2.45) is 0 Å². The van der Waals surface area contributed by atoms with E-state index in [1.165, 1.54) is 12.8 Å². The maximum atomic E-state index is 12.3. The molecular formula is C16H26N4O. The van der Waals surface area contributed by atoms with E-state index in [4.69, 9.17) is 5.73 Å². The van der Waals surface area contributed by atoms with E-state index >= 15 is 0 Å². The largest absolute Gasteiger partial charge is 0.384 e. The van der Waals surface area contributed by atoms with Crippen LogP contribution in [0.5, 0.6) is 0 Å². The molecule has 5 heteroatoms. The molecule has 0 aromatic carbocycles. The van der Waals surface area contributed by atoms with E-state index in [0.29, 0.717) is 11.4 Å². The van der Waals surface area contributed by atoms with Crippen LogP contribution < -0.4 is 11.1 Å². The summed E-state index contributed by atoms with van der Waals surface area (Å²) in [6, 6.07) is 3.61. The summed E-state index contributed by atoms with van der Waals surface area (Å²) < 4.78 is 0. The van der Waals surface area contributed by atoms with Gasteiger partial charge in [0, 0.05) is 23.8 Å². The molecule has 1 saturated heterocycles. The van der Waals surface area contributed by atoms with E-state index in [9.17, 15) is 4.79 Å². The molecule has 1 aromatic heterocycles. The fourth-order valence-corrected chi connectivity index (χ4v) is 2.71. The second-order valence-electron chi connectivity index (χ2n) is 6.24. The summed E-state index contributed by atoms with van der Waals surface area (Å²) in [4.78, 5) is 19.0. The number of anilines is 1. The van der Waals surface area contributed by atoms with Gasteiger partial charge in [-0.15, -0.1) is 0 Å². The number of amides is 1. The van der Waals surface area contributed by atoms with Crippen LogP contribution in [0.3, 0.4) is 0 Å². The van der Waals surface area contributed by atoms with Crippen molar-refractivity contribution in [3.05, 3.63) is 23.4 Å². The molecule has 1 unspecified atom stereocenters. The van der Waals surface area contributed by atoms with Crippen LogP contribution in [0.25, 0.3) is 0 Å². The lowest BCUT2D eigenvalue weighted by atomic mass is 10.1. The van der Waals surface area contributed by atoms with Crippen molar-refractivity contribution in [2.45, 2.75) is 45.6 Å². The van der Waals surface area contributed by atoms with Gasteiger partial charge in [-0.2, -0.15) is 0 Å². The number of pyridine rings is 1. The number of aromatic nitrogens is 1. The van der Waals surface area contributed by atoms with Crippen LogP contribution in [0.15, 0.2) is 12.1 Å². The molecule has 1 amide bonds. The predicted octanol–water partition coefficient (Wildman–Crippen LogP) is 2.00. The number of hydrogen-bond acceptors (Lipinski definition) is 4. The Kier molecular flexibility index (Phi) is 5.17.